The second kappa shape index (κ2) is 6.78. The van der Waals surface area contributed by atoms with Gasteiger partial charge < -0.3 is 11.1 Å². The molecule has 0 radical (unpaired) electrons. The molecule has 94 valence electrons. The van der Waals surface area contributed by atoms with E-state index in [2.05, 4.69) is 5.32 Å². The molecule has 3 N–H and O–H groups in total. The van der Waals surface area contributed by atoms with Crippen molar-refractivity contribution in [1.82, 2.24) is 0 Å². The molecule has 0 fully saturated rings. The quantitative estimate of drug-likeness (QED) is 0.815. The lowest BCUT2D eigenvalue weighted by Gasteiger charge is -2.11. The number of halogens is 3. The molecule has 0 atom stereocenters. The predicted octanol–water partition coefficient (Wildman–Crippen LogP) is 2.59. The van der Waals surface area contributed by atoms with E-state index in [0.29, 0.717) is 15.6 Å². The van der Waals surface area contributed by atoms with Crippen molar-refractivity contribution in [3.8, 4) is 0 Å². The molecule has 1 aromatic carbocycles. The minimum absolute atomic E-state index is 0.175. The zero-order chi connectivity index (χ0) is 12.8. The first-order chi connectivity index (χ1) is 8.04. The predicted molar refractivity (Wildman–Crippen MR) is 65.9 cm³/mol. The third-order valence-corrected chi connectivity index (χ3v) is 3.35. The van der Waals surface area contributed by atoms with Crippen LogP contribution in [0.3, 0.4) is 0 Å². The Hall–Kier alpha value is -0.850. The second-order valence-corrected chi connectivity index (χ2v) is 4.51. The molecule has 0 saturated heterocycles. The zero-order valence-electron chi connectivity index (χ0n) is 8.75. The Morgan fingerprint density at radius 3 is 2.82 bits per heavy atom. The van der Waals surface area contributed by atoms with E-state index in [0.717, 1.165) is 11.8 Å². The molecule has 0 saturated carbocycles. The van der Waals surface area contributed by atoms with E-state index < -0.39 is 12.3 Å². The molecule has 0 unspecified atom stereocenters. The van der Waals surface area contributed by atoms with E-state index in [4.69, 9.17) is 17.3 Å². The van der Waals surface area contributed by atoms with Crippen LogP contribution in [-0.4, -0.2) is 24.6 Å². The van der Waals surface area contributed by atoms with Gasteiger partial charge in [-0.25, -0.2) is 8.78 Å². The van der Waals surface area contributed by atoms with Gasteiger partial charge in [-0.2, -0.15) is 0 Å². The van der Waals surface area contributed by atoms with E-state index in [1.54, 1.807) is 18.2 Å². The molecule has 7 heteroatoms. The molecular weight excluding hydrogens is 270 g/mol. The highest BCUT2D eigenvalue weighted by Crippen LogP contribution is 2.34. The van der Waals surface area contributed by atoms with Crippen molar-refractivity contribution in [1.29, 1.82) is 0 Å². The third-order valence-electron chi connectivity index (χ3n) is 1.78. The maximum Gasteiger partial charge on any atom is 0.247 e. The summed E-state index contributed by atoms with van der Waals surface area (Å²) in [4.78, 5) is 11.6. The van der Waals surface area contributed by atoms with Crippen LogP contribution in [-0.2, 0) is 4.79 Å². The smallest absolute Gasteiger partial charge is 0.247 e. The van der Waals surface area contributed by atoms with E-state index >= 15 is 0 Å². The highest BCUT2D eigenvalue weighted by atomic mass is 35.5. The molecular formula is C10H11ClF2N2OS. The maximum atomic E-state index is 12.1. The minimum Gasteiger partial charge on any atom is -0.324 e. The summed E-state index contributed by atoms with van der Waals surface area (Å²) < 4.78 is 24.3. The lowest BCUT2D eigenvalue weighted by Crippen LogP contribution is -2.22. The van der Waals surface area contributed by atoms with Gasteiger partial charge in [0.25, 0.3) is 0 Å². The molecule has 3 nitrogen and oxygen atoms in total. The number of amides is 1. The van der Waals surface area contributed by atoms with Crippen LogP contribution in [0.4, 0.5) is 14.5 Å². The van der Waals surface area contributed by atoms with Crippen molar-refractivity contribution < 1.29 is 13.6 Å². The molecule has 1 amide bonds. The number of hydrogen-bond acceptors (Lipinski definition) is 3. The molecule has 1 aromatic rings. The maximum absolute atomic E-state index is 12.1. The Balaban J connectivity index is 2.87. The van der Waals surface area contributed by atoms with Crippen molar-refractivity contribution in [2.75, 3.05) is 17.6 Å². The van der Waals surface area contributed by atoms with Crippen LogP contribution >= 0.6 is 23.4 Å². The van der Waals surface area contributed by atoms with Crippen molar-refractivity contribution in [3.63, 3.8) is 0 Å². The van der Waals surface area contributed by atoms with Gasteiger partial charge in [0.1, 0.15) is 0 Å². The topological polar surface area (TPSA) is 55.1 Å². The van der Waals surface area contributed by atoms with Gasteiger partial charge in [-0.1, -0.05) is 17.7 Å². The van der Waals surface area contributed by atoms with Crippen molar-refractivity contribution in [3.05, 3.63) is 23.2 Å². The Morgan fingerprint density at radius 1 is 1.53 bits per heavy atom. The van der Waals surface area contributed by atoms with Crippen molar-refractivity contribution in [2.24, 2.45) is 5.73 Å². The number of anilines is 1. The number of rotatable bonds is 5. The van der Waals surface area contributed by atoms with Crippen LogP contribution in [0.15, 0.2) is 23.1 Å². The monoisotopic (exact) mass is 280 g/mol. The number of benzene rings is 1. The molecule has 0 heterocycles. The van der Waals surface area contributed by atoms with Crippen LogP contribution in [0.5, 0.6) is 0 Å². The SMILES string of the molecule is NCC(=O)Nc1cccc(Cl)c1SCC(F)F. The number of carbonyl (C=O) groups is 1. The first kappa shape index (κ1) is 14.2. The highest BCUT2D eigenvalue weighted by molar-refractivity contribution is 7.99. The fourth-order valence-corrected chi connectivity index (χ4v) is 2.21. The fraction of sp³-hybridized carbons (Fsp3) is 0.300. The highest BCUT2D eigenvalue weighted by Gasteiger charge is 2.12. The van der Waals surface area contributed by atoms with Gasteiger partial charge in [-0.15, -0.1) is 11.8 Å². The average Bonchev–Trinajstić information content (AvgIpc) is 2.27. The van der Waals surface area contributed by atoms with Crippen molar-refractivity contribution in [2.45, 2.75) is 11.3 Å². The van der Waals surface area contributed by atoms with Crippen LogP contribution in [0, 0.1) is 0 Å². The van der Waals surface area contributed by atoms with Gasteiger partial charge in [0, 0.05) is 4.90 Å². The summed E-state index contributed by atoms with van der Waals surface area (Å²) in [5.74, 6) is -0.777. The number of carbonyl (C=O) groups excluding carboxylic acids is 1. The first-order valence-corrected chi connectivity index (χ1v) is 6.10. The van der Waals surface area contributed by atoms with E-state index in [9.17, 15) is 13.6 Å². The number of nitrogens with two attached hydrogens (primary N) is 1. The van der Waals surface area contributed by atoms with Gasteiger partial charge in [0.2, 0.25) is 12.3 Å². The Morgan fingerprint density at radius 2 is 2.24 bits per heavy atom. The molecule has 0 aromatic heterocycles. The summed E-state index contributed by atoms with van der Waals surface area (Å²) in [6, 6.07) is 4.79. The molecule has 0 aliphatic heterocycles. The van der Waals surface area contributed by atoms with Gasteiger partial charge >= 0.3 is 0 Å². The van der Waals surface area contributed by atoms with Gasteiger partial charge in [0.05, 0.1) is 23.0 Å². The van der Waals surface area contributed by atoms with Gasteiger partial charge in [-0.3, -0.25) is 4.79 Å². The van der Waals surface area contributed by atoms with E-state index in [-0.39, 0.29) is 12.3 Å². The third kappa shape index (κ3) is 4.49. The molecule has 0 spiro atoms. The van der Waals surface area contributed by atoms with Gasteiger partial charge in [0.15, 0.2) is 0 Å². The Bertz CT molecular complexity index is 404. The minimum atomic E-state index is -2.44. The average molecular weight is 281 g/mol. The molecule has 0 aliphatic rings. The van der Waals surface area contributed by atoms with E-state index in [1.165, 1.54) is 0 Å². The zero-order valence-corrected chi connectivity index (χ0v) is 10.3. The summed E-state index contributed by atoms with van der Waals surface area (Å²) in [5.41, 5.74) is 5.56. The van der Waals surface area contributed by atoms with Crippen LogP contribution in [0.25, 0.3) is 0 Å². The lowest BCUT2D eigenvalue weighted by molar-refractivity contribution is -0.114. The first-order valence-electron chi connectivity index (χ1n) is 4.74. The summed E-state index contributed by atoms with van der Waals surface area (Å²) in [6.45, 7) is -0.175. The number of alkyl halides is 2. The standard InChI is InChI=1S/C10H11ClF2N2OS/c11-6-2-1-3-7(15-9(16)4-14)10(6)17-5-8(12)13/h1-3,8H,4-5,14H2,(H,15,16). The number of nitrogens with one attached hydrogen (secondary N) is 1. The van der Waals surface area contributed by atoms with Crippen LogP contribution < -0.4 is 11.1 Å². The van der Waals surface area contributed by atoms with E-state index in [1.807, 2.05) is 0 Å². The van der Waals surface area contributed by atoms with Crippen LogP contribution in [0.1, 0.15) is 0 Å². The molecule has 17 heavy (non-hydrogen) atoms. The number of thioether (sulfide) groups is 1. The molecule has 0 aliphatic carbocycles. The summed E-state index contributed by atoms with van der Waals surface area (Å²) in [6.07, 6.45) is -2.44. The Labute approximate surface area is 107 Å². The summed E-state index contributed by atoms with van der Waals surface area (Å²) in [7, 11) is 0. The fourth-order valence-electron chi connectivity index (χ4n) is 1.10. The summed E-state index contributed by atoms with van der Waals surface area (Å²) in [5, 5.41) is 2.84. The number of hydrogen-bond donors (Lipinski definition) is 2. The van der Waals surface area contributed by atoms with Gasteiger partial charge in [-0.05, 0) is 12.1 Å². The Kier molecular flexibility index (Phi) is 5.67. The second-order valence-electron chi connectivity index (χ2n) is 3.07. The lowest BCUT2D eigenvalue weighted by atomic mass is 10.3. The van der Waals surface area contributed by atoms with Crippen molar-refractivity contribution >= 4 is 35.0 Å². The normalized spacial score (nSPS) is 10.6. The molecule has 1 rings (SSSR count). The molecule has 0 bridgehead atoms. The summed E-state index contributed by atoms with van der Waals surface area (Å²) >= 11 is 6.79. The van der Waals surface area contributed by atoms with Crippen LogP contribution in [0.2, 0.25) is 5.02 Å². The largest absolute Gasteiger partial charge is 0.324 e.